The third-order valence-electron chi connectivity index (χ3n) is 3.05. The molecule has 0 fully saturated rings. The van der Waals surface area contributed by atoms with Crippen molar-refractivity contribution in [1.82, 2.24) is 14.8 Å². The summed E-state index contributed by atoms with van der Waals surface area (Å²) in [6.07, 6.45) is 1.88. The van der Waals surface area contributed by atoms with Gasteiger partial charge < -0.3 is 19.7 Å². The highest BCUT2D eigenvalue weighted by Crippen LogP contribution is 2.17. The van der Waals surface area contributed by atoms with Crippen LogP contribution in [0.4, 0.5) is 0 Å². The van der Waals surface area contributed by atoms with Crippen molar-refractivity contribution >= 4 is 35.5 Å². The molecule has 2 unspecified atom stereocenters. The molecule has 0 aliphatic heterocycles. The van der Waals surface area contributed by atoms with Gasteiger partial charge in [0.25, 0.3) is 0 Å². The molecule has 1 aromatic heterocycles. The fourth-order valence-electron chi connectivity index (χ4n) is 1.73. The highest BCUT2D eigenvalue weighted by atomic mass is 35.5. The third-order valence-corrected chi connectivity index (χ3v) is 4.30. The molecule has 0 amide bonds. The fraction of sp³-hybridized carbons (Fsp3) is 0.583. The van der Waals surface area contributed by atoms with Crippen molar-refractivity contribution in [3.05, 3.63) is 11.9 Å². The zero-order chi connectivity index (χ0) is 16.9. The second kappa shape index (κ2) is 7.82. The summed E-state index contributed by atoms with van der Waals surface area (Å²) in [4.78, 5) is 31.5. The molecule has 8 nitrogen and oxygen atoms in total. The van der Waals surface area contributed by atoms with Gasteiger partial charge in [-0.3, -0.25) is 4.79 Å². The van der Waals surface area contributed by atoms with Crippen molar-refractivity contribution in [3.8, 4) is 0 Å². The Bertz CT molecular complexity index is 531. The van der Waals surface area contributed by atoms with E-state index in [1.54, 1.807) is 6.20 Å². The number of hydrogen-bond donors (Lipinski definition) is 4. The average Bonchev–Trinajstić information content (AvgIpc) is 2.82. The van der Waals surface area contributed by atoms with Crippen LogP contribution in [0.25, 0.3) is 0 Å². The number of likely N-dealkylation sites (N-methyl/N-ethyl adjacent to an activating group) is 1. The van der Waals surface area contributed by atoms with E-state index in [-0.39, 0.29) is 10.2 Å². The Kier molecular flexibility index (Phi) is 6.66. The number of nitrogens with zero attached hydrogens (tertiary/aromatic N) is 2. The number of carboxylic acids is 2. The summed E-state index contributed by atoms with van der Waals surface area (Å²) in [6.45, 7) is 0. The van der Waals surface area contributed by atoms with Gasteiger partial charge in [0.1, 0.15) is 6.04 Å². The van der Waals surface area contributed by atoms with E-state index >= 15 is 0 Å². The predicted octanol–water partition coefficient (Wildman–Crippen LogP) is 0.400. The number of carbonyl (C=O) groups is 2. The average molecular weight is 352 g/mol. The van der Waals surface area contributed by atoms with Gasteiger partial charge in [0.15, 0.2) is 11.2 Å². The van der Waals surface area contributed by atoms with Crippen molar-refractivity contribution in [3.63, 3.8) is 0 Å². The summed E-state index contributed by atoms with van der Waals surface area (Å²) >= 11 is 6.54. The Labute approximate surface area is 137 Å². The number of aromatic amines is 1. The number of aromatic nitrogens is 2. The van der Waals surface area contributed by atoms with E-state index in [0.717, 1.165) is 0 Å². The Morgan fingerprint density at radius 1 is 1.41 bits per heavy atom. The lowest BCUT2D eigenvalue weighted by Crippen LogP contribution is -2.51. The molecule has 1 rings (SSSR count). The van der Waals surface area contributed by atoms with Crippen molar-refractivity contribution < 1.29 is 24.3 Å². The van der Waals surface area contributed by atoms with Crippen LogP contribution in [0.15, 0.2) is 11.4 Å². The first-order chi connectivity index (χ1) is 10.1. The van der Waals surface area contributed by atoms with Gasteiger partial charge in [-0.2, -0.15) is 0 Å². The molecule has 1 aromatic rings. The van der Waals surface area contributed by atoms with E-state index < -0.39 is 24.0 Å². The van der Waals surface area contributed by atoms with E-state index in [1.807, 2.05) is 21.1 Å². The lowest BCUT2D eigenvalue weighted by atomic mass is 10.1. The van der Waals surface area contributed by atoms with Gasteiger partial charge in [-0.05, 0) is 11.8 Å². The van der Waals surface area contributed by atoms with Crippen LogP contribution >= 0.6 is 23.5 Å². The summed E-state index contributed by atoms with van der Waals surface area (Å²) in [7, 11) is 5.44. The van der Waals surface area contributed by atoms with E-state index in [9.17, 15) is 14.7 Å². The SMILES string of the molecule is C[N+](C)(C)C(Cc1cnc(SCC(NCl)C(=O)O)[nH]1)C(=O)O. The van der Waals surface area contributed by atoms with Crippen molar-refractivity contribution in [1.29, 1.82) is 0 Å². The molecule has 4 N–H and O–H groups in total. The Morgan fingerprint density at radius 3 is 2.50 bits per heavy atom. The zero-order valence-electron chi connectivity index (χ0n) is 12.5. The van der Waals surface area contributed by atoms with Crippen molar-refractivity contribution in [2.75, 3.05) is 26.9 Å². The summed E-state index contributed by atoms with van der Waals surface area (Å²) < 4.78 is 0.286. The topological polar surface area (TPSA) is 115 Å². The van der Waals surface area contributed by atoms with Gasteiger partial charge in [-0.15, -0.1) is 0 Å². The molecule has 0 aromatic carbocycles. The molecule has 0 radical (unpaired) electrons. The first kappa shape index (κ1) is 18.8. The van der Waals surface area contributed by atoms with Crippen LogP contribution < -0.4 is 4.84 Å². The van der Waals surface area contributed by atoms with Crippen LogP contribution in [0.2, 0.25) is 0 Å². The smallest absolute Gasteiger partial charge is 0.362 e. The maximum atomic E-state index is 11.3. The largest absolute Gasteiger partial charge is 0.480 e. The molecule has 22 heavy (non-hydrogen) atoms. The lowest BCUT2D eigenvalue weighted by Gasteiger charge is -2.30. The minimum atomic E-state index is -1.05. The summed E-state index contributed by atoms with van der Waals surface area (Å²) in [6, 6.07) is -1.49. The standard InChI is InChI=1S/C12H19ClN4O4S/c1-17(2,3)9(11(20)21)4-7-5-14-12(15-7)22-6-8(16-13)10(18)19/h5,8-9,16H,4,6H2,1-3H3,(H2-,14,15,18,19,20,21)/p+1. The summed E-state index contributed by atoms with van der Waals surface area (Å²) in [5.74, 6) is -1.73. The normalized spacial score (nSPS) is 14.5. The van der Waals surface area contributed by atoms with Gasteiger partial charge in [0, 0.05) is 17.6 Å². The van der Waals surface area contributed by atoms with Crippen molar-refractivity contribution in [2.24, 2.45) is 0 Å². The van der Waals surface area contributed by atoms with Crippen LogP contribution in [0.5, 0.6) is 0 Å². The van der Waals surface area contributed by atoms with E-state index in [2.05, 4.69) is 14.8 Å². The van der Waals surface area contributed by atoms with Gasteiger partial charge >= 0.3 is 11.9 Å². The minimum Gasteiger partial charge on any atom is -0.480 e. The second-order valence-corrected chi connectivity index (χ2v) is 6.93. The highest BCUT2D eigenvalue weighted by Gasteiger charge is 2.32. The Morgan fingerprint density at radius 2 is 2.05 bits per heavy atom. The Hall–Kier alpha value is -1.29. The number of rotatable bonds is 9. The first-order valence-corrected chi connectivity index (χ1v) is 7.81. The van der Waals surface area contributed by atoms with Crippen molar-refractivity contribution in [2.45, 2.75) is 23.7 Å². The molecular weight excluding hydrogens is 332 g/mol. The number of quaternary nitrogens is 1. The summed E-state index contributed by atoms with van der Waals surface area (Å²) in [5.41, 5.74) is 0.689. The predicted molar refractivity (Wildman–Crippen MR) is 82.9 cm³/mol. The zero-order valence-corrected chi connectivity index (χ0v) is 14.1. The third kappa shape index (κ3) is 5.48. The molecule has 0 saturated carbocycles. The number of thioether (sulfide) groups is 1. The molecule has 10 heteroatoms. The number of nitrogens with one attached hydrogen (secondary N) is 2. The van der Waals surface area contributed by atoms with E-state index in [1.165, 1.54) is 11.8 Å². The number of carboxylic acid groups (broad SMARTS) is 2. The minimum absolute atomic E-state index is 0.198. The van der Waals surface area contributed by atoms with Gasteiger partial charge in [-0.25, -0.2) is 14.6 Å². The summed E-state index contributed by atoms with van der Waals surface area (Å²) in [5, 5.41) is 18.7. The van der Waals surface area contributed by atoms with Crippen LogP contribution in [-0.4, -0.2) is 75.6 Å². The lowest BCUT2D eigenvalue weighted by molar-refractivity contribution is -0.887. The number of halogens is 1. The monoisotopic (exact) mass is 351 g/mol. The highest BCUT2D eigenvalue weighted by molar-refractivity contribution is 7.99. The molecule has 0 saturated heterocycles. The van der Waals surface area contributed by atoms with Gasteiger partial charge in [0.2, 0.25) is 0 Å². The van der Waals surface area contributed by atoms with Crippen LogP contribution in [0, 0.1) is 0 Å². The molecule has 2 atom stereocenters. The number of H-pyrrole nitrogens is 1. The molecule has 0 bridgehead atoms. The molecule has 0 aliphatic carbocycles. The van der Waals surface area contributed by atoms with Gasteiger partial charge in [0.05, 0.1) is 27.6 Å². The number of hydrogen-bond acceptors (Lipinski definition) is 5. The van der Waals surface area contributed by atoms with E-state index in [4.69, 9.17) is 16.9 Å². The first-order valence-electron chi connectivity index (χ1n) is 6.44. The van der Waals surface area contributed by atoms with Crippen LogP contribution in [0.3, 0.4) is 0 Å². The molecule has 0 spiro atoms. The number of imidazole rings is 1. The maximum Gasteiger partial charge on any atom is 0.362 e. The van der Waals surface area contributed by atoms with Crippen LogP contribution in [0.1, 0.15) is 5.69 Å². The molecule has 1 heterocycles. The molecule has 124 valence electrons. The molecule has 0 aliphatic rings. The number of aliphatic carboxylic acids is 2. The molecular formula is C12H20ClN4O4S+. The quantitative estimate of drug-likeness (QED) is 0.289. The van der Waals surface area contributed by atoms with Crippen LogP contribution in [-0.2, 0) is 16.0 Å². The fourth-order valence-corrected chi connectivity index (χ4v) is 2.87. The Balaban J connectivity index is 2.68. The van der Waals surface area contributed by atoms with E-state index in [0.29, 0.717) is 17.3 Å². The maximum absolute atomic E-state index is 11.3. The van der Waals surface area contributed by atoms with Gasteiger partial charge in [-0.1, -0.05) is 11.8 Å². The second-order valence-electron chi connectivity index (χ2n) is 5.70.